The van der Waals surface area contributed by atoms with E-state index in [0.29, 0.717) is 15.9 Å². The van der Waals surface area contributed by atoms with Gasteiger partial charge in [0.2, 0.25) is 0 Å². The quantitative estimate of drug-likeness (QED) is 0.345. The van der Waals surface area contributed by atoms with Crippen LogP contribution in [-0.4, -0.2) is 34.2 Å². The van der Waals surface area contributed by atoms with E-state index in [1.54, 1.807) is 30.3 Å². The second-order valence-corrected chi connectivity index (χ2v) is 10.1. The van der Waals surface area contributed by atoms with Crippen LogP contribution in [0.5, 0.6) is 5.75 Å². The lowest BCUT2D eigenvalue weighted by atomic mass is 10.2. The number of nitrogens with zero attached hydrogens (tertiary/aromatic N) is 2. The van der Waals surface area contributed by atoms with Gasteiger partial charge in [0, 0.05) is 0 Å². The Morgan fingerprint density at radius 1 is 1.06 bits per heavy atom. The lowest BCUT2D eigenvalue weighted by molar-refractivity contribution is -0.119. The highest BCUT2D eigenvalue weighted by Gasteiger charge is 2.28. The first kappa shape index (κ1) is 24.5. The van der Waals surface area contributed by atoms with Gasteiger partial charge in [0.1, 0.15) is 12.3 Å². The summed E-state index contributed by atoms with van der Waals surface area (Å²) in [4.78, 5) is 12.7. The maximum atomic E-state index is 13.5. The molecule has 0 heterocycles. The zero-order valence-corrected chi connectivity index (χ0v) is 20.9. The Bertz CT molecular complexity index is 1280. The van der Waals surface area contributed by atoms with E-state index < -0.39 is 22.5 Å². The third-order valence-corrected chi connectivity index (χ3v) is 7.15. The van der Waals surface area contributed by atoms with Crippen LogP contribution in [0.1, 0.15) is 16.7 Å². The summed E-state index contributed by atoms with van der Waals surface area (Å²) in [6.45, 7) is 3.41. The molecule has 0 fully saturated rings. The number of rotatable bonds is 8. The number of amides is 1. The number of anilines is 1. The van der Waals surface area contributed by atoms with E-state index in [2.05, 4.69) is 26.5 Å². The summed E-state index contributed by atoms with van der Waals surface area (Å²) >= 11 is 3.32. The van der Waals surface area contributed by atoms with Gasteiger partial charge in [-0.1, -0.05) is 47.5 Å². The molecule has 0 aliphatic carbocycles. The zero-order valence-electron chi connectivity index (χ0n) is 18.4. The van der Waals surface area contributed by atoms with Crippen molar-refractivity contribution in [2.45, 2.75) is 18.7 Å². The van der Waals surface area contributed by atoms with E-state index >= 15 is 0 Å². The second kappa shape index (κ2) is 10.6. The Hall–Kier alpha value is -3.17. The summed E-state index contributed by atoms with van der Waals surface area (Å²) in [5, 5.41) is 3.97. The number of carbonyl (C=O) groups is 1. The molecule has 9 heteroatoms. The van der Waals surface area contributed by atoms with Crippen LogP contribution in [0.4, 0.5) is 5.69 Å². The lowest BCUT2D eigenvalue weighted by Crippen LogP contribution is -2.39. The van der Waals surface area contributed by atoms with Crippen molar-refractivity contribution in [2.24, 2.45) is 5.10 Å². The van der Waals surface area contributed by atoms with Gasteiger partial charge in [-0.2, -0.15) is 5.10 Å². The van der Waals surface area contributed by atoms with Crippen molar-refractivity contribution in [3.05, 3.63) is 87.9 Å². The fourth-order valence-corrected chi connectivity index (χ4v) is 5.20. The fourth-order valence-electron chi connectivity index (χ4n) is 3.06. The van der Waals surface area contributed by atoms with Gasteiger partial charge < -0.3 is 4.74 Å². The number of halogens is 1. The largest absolute Gasteiger partial charge is 0.496 e. The molecule has 0 unspecified atom stereocenters. The van der Waals surface area contributed by atoms with Crippen molar-refractivity contribution in [1.82, 2.24) is 5.43 Å². The fraction of sp³-hybridized carbons (Fsp3) is 0.167. The molecule has 3 aromatic carbocycles. The van der Waals surface area contributed by atoms with Crippen LogP contribution < -0.4 is 14.5 Å². The third-order valence-electron chi connectivity index (χ3n) is 4.77. The Morgan fingerprint density at radius 3 is 2.42 bits per heavy atom. The summed E-state index contributed by atoms with van der Waals surface area (Å²) in [5.41, 5.74) is 5.63. The van der Waals surface area contributed by atoms with Crippen molar-refractivity contribution in [2.75, 3.05) is 18.0 Å². The van der Waals surface area contributed by atoms with Crippen LogP contribution >= 0.6 is 15.9 Å². The molecule has 7 nitrogen and oxygen atoms in total. The number of hydrogen-bond acceptors (Lipinski definition) is 5. The van der Waals surface area contributed by atoms with Crippen LogP contribution in [0.2, 0.25) is 0 Å². The molecule has 33 heavy (non-hydrogen) atoms. The molecule has 3 rings (SSSR count). The van der Waals surface area contributed by atoms with Crippen molar-refractivity contribution >= 4 is 43.8 Å². The van der Waals surface area contributed by atoms with Gasteiger partial charge in [-0.05, 0) is 65.7 Å². The summed E-state index contributed by atoms with van der Waals surface area (Å²) in [5.74, 6) is -0.0744. The van der Waals surface area contributed by atoms with Crippen molar-refractivity contribution in [1.29, 1.82) is 0 Å². The van der Waals surface area contributed by atoms with Gasteiger partial charge in [0.25, 0.3) is 15.9 Å². The van der Waals surface area contributed by atoms with E-state index in [4.69, 9.17) is 4.74 Å². The van der Waals surface area contributed by atoms with Crippen LogP contribution in [0, 0.1) is 13.8 Å². The number of carbonyl (C=O) groups excluding carboxylic acids is 1. The molecular formula is C24H24BrN3O4S. The molecule has 0 saturated heterocycles. The topological polar surface area (TPSA) is 88.1 Å². The molecule has 0 atom stereocenters. The molecule has 0 aromatic heterocycles. The summed E-state index contributed by atoms with van der Waals surface area (Å²) in [6, 6.07) is 18.9. The van der Waals surface area contributed by atoms with Gasteiger partial charge in [-0.3, -0.25) is 9.10 Å². The Kier molecular flexibility index (Phi) is 7.88. The average molecular weight is 530 g/mol. The molecule has 0 radical (unpaired) electrons. The number of methoxy groups -OCH3 is 1. The van der Waals surface area contributed by atoms with E-state index in [1.807, 2.05) is 38.1 Å². The SMILES string of the molecule is COc1ccc(S(=O)(=O)N(CC(=O)N/N=C\c2cccc(C)c2)c2ccc(C)cc2)cc1Br. The Labute approximate surface area is 202 Å². The Morgan fingerprint density at radius 2 is 1.79 bits per heavy atom. The maximum Gasteiger partial charge on any atom is 0.264 e. The van der Waals surface area contributed by atoms with Gasteiger partial charge in [-0.25, -0.2) is 13.8 Å². The number of aryl methyl sites for hydroxylation is 2. The minimum Gasteiger partial charge on any atom is -0.496 e. The minimum atomic E-state index is -4.06. The number of hydrogen-bond donors (Lipinski definition) is 1. The molecule has 3 aromatic rings. The predicted molar refractivity (Wildman–Crippen MR) is 133 cm³/mol. The van der Waals surface area contributed by atoms with Crippen LogP contribution in [0.3, 0.4) is 0 Å². The van der Waals surface area contributed by atoms with Crippen LogP contribution in [-0.2, 0) is 14.8 Å². The summed E-state index contributed by atoms with van der Waals surface area (Å²) in [6.07, 6.45) is 1.51. The molecule has 0 aliphatic rings. The smallest absolute Gasteiger partial charge is 0.264 e. The van der Waals surface area contributed by atoms with Gasteiger partial charge in [-0.15, -0.1) is 0 Å². The zero-order chi connectivity index (χ0) is 24.0. The Balaban J connectivity index is 1.87. The second-order valence-electron chi connectivity index (χ2n) is 7.35. The highest BCUT2D eigenvalue weighted by atomic mass is 79.9. The van der Waals surface area contributed by atoms with E-state index in [-0.39, 0.29) is 4.90 Å². The standard InChI is InChI=1S/C24H24BrN3O4S/c1-17-7-9-20(10-8-17)28(33(30,31)21-11-12-23(32-3)22(25)14-21)16-24(29)27-26-15-19-6-4-5-18(2)13-19/h4-15H,16H2,1-3H3,(H,27,29)/b26-15-. The number of sulfonamides is 1. The number of benzene rings is 3. The summed E-state index contributed by atoms with van der Waals surface area (Å²) in [7, 11) is -2.56. The molecule has 1 amide bonds. The molecule has 1 N–H and O–H groups in total. The average Bonchev–Trinajstić information content (AvgIpc) is 2.78. The van der Waals surface area contributed by atoms with E-state index in [0.717, 1.165) is 21.0 Å². The molecule has 0 aliphatic heterocycles. The first-order valence-electron chi connectivity index (χ1n) is 10.0. The molecule has 172 valence electrons. The lowest BCUT2D eigenvalue weighted by Gasteiger charge is -2.24. The highest BCUT2D eigenvalue weighted by Crippen LogP contribution is 2.30. The van der Waals surface area contributed by atoms with Crippen molar-refractivity contribution in [3.8, 4) is 5.75 Å². The molecular weight excluding hydrogens is 506 g/mol. The number of nitrogens with one attached hydrogen (secondary N) is 1. The van der Waals surface area contributed by atoms with E-state index in [1.165, 1.54) is 25.5 Å². The maximum absolute atomic E-state index is 13.5. The highest BCUT2D eigenvalue weighted by molar-refractivity contribution is 9.10. The normalized spacial score (nSPS) is 11.4. The molecule has 0 bridgehead atoms. The van der Waals surface area contributed by atoms with E-state index in [9.17, 15) is 13.2 Å². The molecule has 0 spiro atoms. The number of ether oxygens (including phenoxy) is 1. The predicted octanol–water partition coefficient (Wildman–Crippen LogP) is 4.42. The first-order valence-corrected chi connectivity index (χ1v) is 12.3. The van der Waals surface area contributed by atoms with Gasteiger partial charge in [0.15, 0.2) is 0 Å². The third kappa shape index (κ3) is 6.21. The van der Waals surface area contributed by atoms with Crippen molar-refractivity contribution < 1.29 is 17.9 Å². The van der Waals surface area contributed by atoms with Crippen molar-refractivity contribution in [3.63, 3.8) is 0 Å². The van der Waals surface area contributed by atoms with Gasteiger partial charge >= 0.3 is 0 Å². The monoisotopic (exact) mass is 529 g/mol. The number of hydrazone groups is 1. The van der Waals surface area contributed by atoms with Gasteiger partial charge in [0.05, 0.1) is 28.4 Å². The summed E-state index contributed by atoms with van der Waals surface area (Å²) < 4.78 is 33.7. The minimum absolute atomic E-state index is 0.0202. The van der Waals surface area contributed by atoms with Crippen LogP contribution in [0.15, 0.2) is 81.2 Å². The molecule has 0 saturated carbocycles. The van der Waals surface area contributed by atoms with Crippen LogP contribution in [0.25, 0.3) is 0 Å². The first-order chi connectivity index (χ1) is 15.7.